The Bertz CT molecular complexity index is 816. The summed E-state index contributed by atoms with van der Waals surface area (Å²) in [5.74, 6) is 0.694. The van der Waals surface area contributed by atoms with E-state index in [1.807, 2.05) is 54.6 Å². The molecule has 0 aliphatic rings. The molecule has 2 aromatic carbocycles. The molecule has 1 aromatic heterocycles. The molecular formula is C17H16N4OS. The van der Waals surface area contributed by atoms with E-state index in [2.05, 4.69) is 14.7 Å². The summed E-state index contributed by atoms with van der Waals surface area (Å²) < 4.78 is 4.37. The molecule has 1 heterocycles. The number of carbonyl (C=O) groups excluding carboxylic acids is 1. The second-order valence-electron chi connectivity index (χ2n) is 5.04. The Morgan fingerprint density at radius 3 is 2.65 bits per heavy atom. The maximum absolute atomic E-state index is 11.5. The average Bonchev–Trinajstić information content (AvgIpc) is 3.03. The molecule has 3 aromatic rings. The highest BCUT2D eigenvalue weighted by Crippen LogP contribution is 2.25. The summed E-state index contributed by atoms with van der Waals surface area (Å²) in [5, 5.41) is 3.95. The smallest absolute Gasteiger partial charge is 0.223 e. The minimum atomic E-state index is -0.00979. The topological polar surface area (TPSA) is 58.1 Å². The van der Waals surface area contributed by atoms with Gasteiger partial charge in [0.15, 0.2) is 5.82 Å². The van der Waals surface area contributed by atoms with Gasteiger partial charge in [0.2, 0.25) is 11.0 Å². The highest BCUT2D eigenvalue weighted by atomic mass is 32.1. The van der Waals surface area contributed by atoms with Crippen LogP contribution in [0, 0.1) is 0 Å². The Hall–Kier alpha value is -2.73. The van der Waals surface area contributed by atoms with E-state index in [0.717, 1.165) is 16.9 Å². The van der Waals surface area contributed by atoms with Gasteiger partial charge in [0.05, 0.1) is 0 Å². The molecule has 3 rings (SSSR count). The first-order chi connectivity index (χ1) is 11.1. The highest BCUT2D eigenvalue weighted by Gasteiger charge is 2.09. The van der Waals surface area contributed by atoms with Gasteiger partial charge in [0.25, 0.3) is 0 Å². The van der Waals surface area contributed by atoms with E-state index in [4.69, 9.17) is 0 Å². The molecule has 5 nitrogen and oxygen atoms in total. The number of rotatable bonds is 4. The predicted octanol–water partition coefficient (Wildman–Crippen LogP) is 3.93. The van der Waals surface area contributed by atoms with Gasteiger partial charge in [-0.3, -0.25) is 4.79 Å². The first-order valence-electron chi connectivity index (χ1n) is 7.14. The van der Waals surface area contributed by atoms with Crippen LogP contribution in [0.25, 0.3) is 11.4 Å². The number of hydrogen-bond donors (Lipinski definition) is 1. The lowest BCUT2D eigenvalue weighted by Gasteiger charge is -2.15. The van der Waals surface area contributed by atoms with Crippen molar-refractivity contribution in [3.8, 4) is 11.4 Å². The number of nitrogens with zero attached hydrogens (tertiary/aromatic N) is 3. The first-order valence-corrected chi connectivity index (χ1v) is 7.91. The van der Waals surface area contributed by atoms with Gasteiger partial charge in [-0.15, -0.1) is 0 Å². The Balaban J connectivity index is 1.79. The molecule has 0 bridgehead atoms. The summed E-state index contributed by atoms with van der Waals surface area (Å²) in [4.78, 5) is 17.6. The Morgan fingerprint density at radius 2 is 1.91 bits per heavy atom. The van der Waals surface area contributed by atoms with Crippen LogP contribution in [0.2, 0.25) is 0 Å². The number of benzene rings is 2. The standard InChI is InChI=1S/C17H16N4OS/c1-12(22)21(2)15-10-6-9-14(11-15)18-17-19-16(20-23-17)13-7-4-3-5-8-13/h3-11H,1-2H3,(H,18,19,20). The molecule has 0 unspecified atom stereocenters. The zero-order chi connectivity index (χ0) is 16.2. The van der Waals surface area contributed by atoms with Crippen molar-refractivity contribution in [1.29, 1.82) is 0 Å². The summed E-state index contributed by atoms with van der Waals surface area (Å²) in [5.41, 5.74) is 2.68. The van der Waals surface area contributed by atoms with Crippen LogP contribution in [0.4, 0.5) is 16.5 Å². The third-order valence-corrected chi connectivity index (χ3v) is 4.05. The number of aromatic nitrogens is 2. The fraction of sp³-hybridized carbons (Fsp3) is 0.118. The van der Waals surface area contributed by atoms with E-state index in [0.29, 0.717) is 11.0 Å². The molecule has 0 saturated heterocycles. The van der Waals surface area contributed by atoms with Crippen molar-refractivity contribution in [2.75, 3.05) is 17.3 Å². The zero-order valence-corrected chi connectivity index (χ0v) is 13.7. The summed E-state index contributed by atoms with van der Waals surface area (Å²) in [6, 6.07) is 17.5. The van der Waals surface area contributed by atoms with Gasteiger partial charge in [0, 0.05) is 42.4 Å². The SMILES string of the molecule is CC(=O)N(C)c1cccc(Nc2nc(-c3ccccc3)ns2)c1. The number of hydrogen-bond acceptors (Lipinski definition) is 5. The number of amides is 1. The van der Waals surface area contributed by atoms with Crippen LogP contribution >= 0.6 is 11.5 Å². The number of anilines is 3. The molecular weight excluding hydrogens is 308 g/mol. The van der Waals surface area contributed by atoms with Gasteiger partial charge in [-0.2, -0.15) is 9.36 Å². The number of carbonyl (C=O) groups is 1. The third-order valence-electron chi connectivity index (χ3n) is 3.42. The summed E-state index contributed by atoms with van der Waals surface area (Å²) in [6.07, 6.45) is 0. The fourth-order valence-corrected chi connectivity index (χ4v) is 2.69. The minimum absolute atomic E-state index is 0.00979. The maximum atomic E-state index is 11.5. The molecule has 23 heavy (non-hydrogen) atoms. The van der Waals surface area contributed by atoms with E-state index in [1.165, 1.54) is 18.5 Å². The van der Waals surface area contributed by atoms with E-state index >= 15 is 0 Å². The largest absolute Gasteiger partial charge is 0.330 e. The van der Waals surface area contributed by atoms with Crippen molar-refractivity contribution in [2.45, 2.75) is 6.92 Å². The molecule has 0 spiro atoms. The molecule has 0 radical (unpaired) electrons. The quantitative estimate of drug-likeness (QED) is 0.790. The van der Waals surface area contributed by atoms with Crippen molar-refractivity contribution >= 4 is 33.9 Å². The van der Waals surface area contributed by atoms with Gasteiger partial charge >= 0.3 is 0 Å². The molecule has 1 amide bonds. The summed E-state index contributed by atoms with van der Waals surface area (Å²) in [6.45, 7) is 1.54. The Labute approximate surface area is 138 Å². The van der Waals surface area contributed by atoms with Crippen LogP contribution in [-0.2, 0) is 4.79 Å². The third kappa shape index (κ3) is 3.54. The molecule has 116 valence electrons. The molecule has 0 aliphatic heterocycles. The van der Waals surface area contributed by atoms with Crippen molar-refractivity contribution in [3.63, 3.8) is 0 Å². The lowest BCUT2D eigenvalue weighted by Crippen LogP contribution is -2.22. The monoisotopic (exact) mass is 324 g/mol. The van der Waals surface area contributed by atoms with Crippen LogP contribution in [0.3, 0.4) is 0 Å². The van der Waals surface area contributed by atoms with Gasteiger partial charge < -0.3 is 10.2 Å². The van der Waals surface area contributed by atoms with Crippen molar-refractivity contribution in [2.24, 2.45) is 0 Å². The first kappa shape index (κ1) is 15.2. The second-order valence-corrected chi connectivity index (χ2v) is 5.79. The lowest BCUT2D eigenvalue weighted by atomic mass is 10.2. The summed E-state index contributed by atoms with van der Waals surface area (Å²) in [7, 11) is 1.75. The van der Waals surface area contributed by atoms with Crippen molar-refractivity contribution < 1.29 is 4.79 Å². The van der Waals surface area contributed by atoms with Gasteiger partial charge in [-0.1, -0.05) is 36.4 Å². The van der Waals surface area contributed by atoms with Crippen LogP contribution in [0.1, 0.15) is 6.92 Å². The molecule has 1 N–H and O–H groups in total. The minimum Gasteiger partial charge on any atom is -0.330 e. The molecule has 0 atom stereocenters. The Kier molecular flexibility index (Phi) is 4.34. The Morgan fingerprint density at radius 1 is 1.13 bits per heavy atom. The van der Waals surface area contributed by atoms with Crippen molar-refractivity contribution in [3.05, 3.63) is 54.6 Å². The predicted molar refractivity (Wildman–Crippen MR) is 94.2 cm³/mol. The molecule has 6 heteroatoms. The van der Waals surface area contributed by atoms with Crippen LogP contribution in [0.15, 0.2) is 54.6 Å². The van der Waals surface area contributed by atoms with Crippen molar-refractivity contribution in [1.82, 2.24) is 9.36 Å². The van der Waals surface area contributed by atoms with Gasteiger partial charge in [-0.25, -0.2) is 0 Å². The van der Waals surface area contributed by atoms with E-state index in [9.17, 15) is 4.79 Å². The molecule has 0 aliphatic carbocycles. The normalized spacial score (nSPS) is 10.3. The molecule has 0 fully saturated rings. The van der Waals surface area contributed by atoms with E-state index in [1.54, 1.807) is 11.9 Å². The van der Waals surface area contributed by atoms with Gasteiger partial charge in [0.1, 0.15) is 0 Å². The fourth-order valence-electron chi connectivity index (χ4n) is 2.08. The maximum Gasteiger partial charge on any atom is 0.223 e. The van der Waals surface area contributed by atoms with Crippen LogP contribution < -0.4 is 10.2 Å². The second kappa shape index (κ2) is 6.58. The lowest BCUT2D eigenvalue weighted by molar-refractivity contribution is -0.116. The summed E-state index contributed by atoms with van der Waals surface area (Å²) >= 11 is 1.31. The van der Waals surface area contributed by atoms with E-state index in [-0.39, 0.29) is 5.91 Å². The molecule has 0 saturated carbocycles. The van der Waals surface area contributed by atoms with Gasteiger partial charge in [-0.05, 0) is 18.2 Å². The zero-order valence-electron chi connectivity index (χ0n) is 12.9. The average molecular weight is 324 g/mol. The van der Waals surface area contributed by atoms with E-state index < -0.39 is 0 Å². The highest BCUT2D eigenvalue weighted by molar-refractivity contribution is 7.09. The number of nitrogens with one attached hydrogen (secondary N) is 1. The van der Waals surface area contributed by atoms with Crippen LogP contribution in [-0.4, -0.2) is 22.3 Å². The van der Waals surface area contributed by atoms with Crippen LogP contribution in [0.5, 0.6) is 0 Å².